The lowest BCUT2D eigenvalue weighted by molar-refractivity contribution is 0.0943. The van der Waals surface area contributed by atoms with E-state index in [1.807, 2.05) is 0 Å². The molecule has 2 aromatic rings. The Morgan fingerprint density at radius 2 is 1.59 bits per heavy atom. The van der Waals surface area contributed by atoms with E-state index in [4.69, 9.17) is 12.2 Å². The van der Waals surface area contributed by atoms with Gasteiger partial charge in [-0.25, -0.2) is 13.2 Å². The molecule has 0 aromatic heterocycles. The van der Waals surface area contributed by atoms with Crippen LogP contribution >= 0.6 is 12.2 Å². The predicted octanol–water partition coefficient (Wildman–Crippen LogP) is 2.74. The number of thiocarbonyl (C=S) groups is 1. The summed E-state index contributed by atoms with van der Waals surface area (Å²) in [7, 11) is 0. The van der Waals surface area contributed by atoms with Gasteiger partial charge in [-0.3, -0.25) is 15.6 Å². The summed E-state index contributed by atoms with van der Waals surface area (Å²) < 4.78 is 39.4. The van der Waals surface area contributed by atoms with Gasteiger partial charge in [-0.15, -0.1) is 0 Å². The molecule has 0 atom stereocenters. The number of benzene rings is 2. The number of para-hydroxylation sites is 1. The van der Waals surface area contributed by atoms with E-state index < -0.39 is 23.4 Å². The maximum atomic E-state index is 13.4. The third kappa shape index (κ3) is 4.19. The second-order valence-electron chi connectivity index (χ2n) is 4.17. The zero-order valence-electron chi connectivity index (χ0n) is 11.0. The summed E-state index contributed by atoms with van der Waals surface area (Å²) in [6, 6.07) is 8.18. The zero-order chi connectivity index (χ0) is 16.1. The molecule has 1 amide bonds. The smallest absolute Gasteiger partial charge is 0.269 e. The first kappa shape index (κ1) is 15.8. The Balaban J connectivity index is 1.93. The summed E-state index contributed by atoms with van der Waals surface area (Å²) in [5, 5.41) is 2.43. The van der Waals surface area contributed by atoms with Crippen molar-refractivity contribution in [3.05, 3.63) is 65.5 Å². The number of hydrogen-bond acceptors (Lipinski definition) is 2. The van der Waals surface area contributed by atoms with E-state index in [1.54, 1.807) is 6.07 Å². The molecular weight excluding hydrogens is 315 g/mol. The van der Waals surface area contributed by atoms with Gasteiger partial charge in [0, 0.05) is 11.6 Å². The van der Waals surface area contributed by atoms with Gasteiger partial charge in [-0.2, -0.15) is 0 Å². The Hall–Kier alpha value is -2.61. The van der Waals surface area contributed by atoms with E-state index in [-0.39, 0.29) is 16.4 Å². The number of nitrogens with one attached hydrogen (secondary N) is 3. The summed E-state index contributed by atoms with van der Waals surface area (Å²) >= 11 is 4.86. The lowest BCUT2D eigenvalue weighted by Crippen LogP contribution is -2.43. The van der Waals surface area contributed by atoms with Crippen LogP contribution < -0.4 is 16.2 Å². The average molecular weight is 325 g/mol. The minimum Gasteiger partial charge on any atom is -0.329 e. The van der Waals surface area contributed by atoms with Gasteiger partial charge in [-0.05, 0) is 36.5 Å². The standard InChI is InChI=1S/C14H10F3N3OS/c15-9-5-8(6-10(16)7-9)13(21)19-20-14(22)18-12-4-2-1-3-11(12)17/h1-7H,(H,19,21)(H2,18,20,22). The number of carbonyl (C=O) groups excluding carboxylic acids is 1. The first-order chi connectivity index (χ1) is 10.5. The molecule has 0 aliphatic heterocycles. The molecule has 0 aliphatic rings. The van der Waals surface area contributed by atoms with Crippen LogP contribution in [-0.4, -0.2) is 11.0 Å². The van der Waals surface area contributed by atoms with E-state index in [2.05, 4.69) is 16.2 Å². The molecule has 0 unspecified atom stereocenters. The van der Waals surface area contributed by atoms with Crippen LogP contribution in [0, 0.1) is 17.5 Å². The number of rotatable bonds is 2. The highest BCUT2D eigenvalue weighted by Crippen LogP contribution is 2.12. The van der Waals surface area contributed by atoms with Crippen LogP contribution in [0.15, 0.2) is 42.5 Å². The van der Waals surface area contributed by atoms with Gasteiger partial charge in [0.2, 0.25) is 0 Å². The Morgan fingerprint density at radius 1 is 0.955 bits per heavy atom. The largest absolute Gasteiger partial charge is 0.329 e. The van der Waals surface area contributed by atoms with Crippen molar-refractivity contribution < 1.29 is 18.0 Å². The van der Waals surface area contributed by atoms with Crippen molar-refractivity contribution in [1.82, 2.24) is 10.9 Å². The molecule has 0 aliphatic carbocycles. The Kier molecular flexibility index (Phi) is 4.95. The molecule has 4 nitrogen and oxygen atoms in total. The number of amides is 1. The van der Waals surface area contributed by atoms with Crippen LogP contribution in [0.25, 0.3) is 0 Å². The molecular formula is C14H10F3N3OS. The minimum absolute atomic E-state index is 0.0877. The molecule has 0 radical (unpaired) electrons. The average Bonchev–Trinajstić information content (AvgIpc) is 2.46. The second-order valence-corrected chi connectivity index (χ2v) is 4.58. The molecule has 22 heavy (non-hydrogen) atoms. The maximum Gasteiger partial charge on any atom is 0.269 e. The van der Waals surface area contributed by atoms with E-state index in [0.717, 1.165) is 12.1 Å². The van der Waals surface area contributed by atoms with Crippen molar-refractivity contribution in [2.24, 2.45) is 0 Å². The highest BCUT2D eigenvalue weighted by atomic mass is 32.1. The van der Waals surface area contributed by atoms with Gasteiger partial charge >= 0.3 is 0 Å². The van der Waals surface area contributed by atoms with E-state index in [0.29, 0.717) is 6.07 Å². The molecule has 114 valence electrons. The van der Waals surface area contributed by atoms with Gasteiger partial charge in [0.05, 0.1) is 5.69 Å². The van der Waals surface area contributed by atoms with Gasteiger partial charge in [0.15, 0.2) is 5.11 Å². The fourth-order valence-corrected chi connectivity index (χ4v) is 1.75. The lowest BCUT2D eigenvalue weighted by atomic mass is 10.2. The molecule has 0 fully saturated rings. The molecule has 0 bridgehead atoms. The van der Waals surface area contributed by atoms with E-state index >= 15 is 0 Å². The van der Waals surface area contributed by atoms with Crippen molar-refractivity contribution in [3.63, 3.8) is 0 Å². The van der Waals surface area contributed by atoms with Crippen molar-refractivity contribution in [2.45, 2.75) is 0 Å². The summed E-state index contributed by atoms with van der Waals surface area (Å²) in [6.45, 7) is 0. The molecule has 2 rings (SSSR count). The fraction of sp³-hybridized carbons (Fsp3) is 0. The Bertz CT molecular complexity index is 704. The maximum absolute atomic E-state index is 13.4. The van der Waals surface area contributed by atoms with Crippen LogP contribution in [0.2, 0.25) is 0 Å². The topological polar surface area (TPSA) is 53.2 Å². The molecule has 0 heterocycles. The van der Waals surface area contributed by atoms with E-state index in [1.165, 1.54) is 18.2 Å². The van der Waals surface area contributed by atoms with Crippen molar-refractivity contribution in [2.75, 3.05) is 5.32 Å². The first-order valence-electron chi connectivity index (χ1n) is 6.03. The molecule has 3 N–H and O–H groups in total. The third-order valence-corrected chi connectivity index (χ3v) is 2.74. The first-order valence-corrected chi connectivity index (χ1v) is 6.44. The van der Waals surface area contributed by atoms with Crippen LogP contribution in [0.5, 0.6) is 0 Å². The second kappa shape index (κ2) is 6.90. The molecule has 0 saturated heterocycles. The number of halogens is 3. The van der Waals surface area contributed by atoms with Gasteiger partial charge in [0.25, 0.3) is 5.91 Å². The van der Waals surface area contributed by atoms with Crippen molar-refractivity contribution in [3.8, 4) is 0 Å². The predicted molar refractivity (Wildman–Crippen MR) is 79.6 cm³/mol. The number of hydrazine groups is 1. The SMILES string of the molecule is O=C(NNC(=S)Nc1ccccc1F)c1cc(F)cc(F)c1. The summed E-state index contributed by atoms with van der Waals surface area (Å²) in [6.07, 6.45) is 0. The molecule has 2 aromatic carbocycles. The quantitative estimate of drug-likeness (QED) is 0.587. The molecule has 8 heteroatoms. The van der Waals surface area contributed by atoms with Gasteiger partial charge < -0.3 is 5.32 Å². The lowest BCUT2D eigenvalue weighted by Gasteiger charge is -2.12. The fourth-order valence-electron chi connectivity index (χ4n) is 1.59. The molecule has 0 saturated carbocycles. The minimum atomic E-state index is -0.878. The summed E-state index contributed by atoms with van der Waals surface area (Å²) in [4.78, 5) is 11.7. The van der Waals surface area contributed by atoms with Gasteiger partial charge in [-0.1, -0.05) is 12.1 Å². The summed E-state index contributed by atoms with van der Waals surface area (Å²) in [5.74, 6) is -3.07. The van der Waals surface area contributed by atoms with Crippen LogP contribution in [-0.2, 0) is 0 Å². The Labute approximate surface area is 129 Å². The highest BCUT2D eigenvalue weighted by molar-refractivity contribution is 7.80. The molecule has 0 spiro atoms. The number of anilines is 1. The summed E-state index contributed by atoms with van der Waals surface area (Å²) in [5.41, 5.74) is 4.34. The number of hydrogen-bond donors (Lipinski definition) is 3. The van der Waals surface area contributed by atoms with Crippen LogP contribution in [0.1, 0.15) is 10.4 Å². The highest BCUT2D eigenvalue weighted by Gasteiger charge is 2.10. The van der Waals surface area contributed by atoms with Crippen molar-refractivity contribution in [1.29, 1.82) is 0 Å². The number of carbonyl (C=O) groups is 1. The third-order valence-electron chi connectivity index (χ3n) is 2.54. The Morgan fingerprint density at radius 3 is 2.23 bits per heavy atom. The van der Waals surface area contributed by atoms with E-state index in [9.17, 15) is 18.0 Å². The van der Waals surface area contributed by atoms with Crippen LogP contribution in [0.3, 0.4) is 0 Å². The monoisotopic (exact) mass is 325 g/mol. The van der Waals surface area contributed by atoms with Crippen molar-refractivity contribution >= 4 is 28.9 Å². The van der Waals surface area contributed by atoms with Gasteiger partial charge in [0.1, 0.15) is 17.5 Å². The zero-order valence-corrected chi connectivity index (χ0v) is 11.8. The normalized spacial score (nSPS) is 9.95. The van der Waals surface area contributed by atoms with Crippen LogP contribution in [0.4, 0.5) is 18.9 Å².